The van der Waals surface area contributed by atoms with Gasteiger partial charge in [-0.15, -0.1) is 0 Å². The second-order valence-corrected chi connectivity index (χ2v) is 5.38. The molecule has 0 aliphatic heterocycles. The lowest BCUT2D eigenvalue weighted by Gasteiger charge is -2.06. The molecule has 0 fully saturated rings. The number of esters is 1. The molecule has 1 N–H and O–H groups in total. The summed E-state index contributed by atoms with van der Waals surface area (Å²) in [6.45, 7) is 1.15. The highest BCUT2D eigenvalue weighted by Crippen LogP contribution is 2.15. The average molecular weight is 382 g/mol. The van der Waals surface area contributed by atoms with Crippen molar-refractivity contribution >= 4 is 39.6 Å². The number of ether oxygens (including phenoxy) is 1. The van der Waals surface area contributed by atoms with Gasteiger partial charge in [0.05, 0.1) is 0 Å². The van der Waals surface area contributed by atoms with Gasteiger partial charge in [-0.2, -0.15) is 0 Å². The minimum Gasteiger partial charge on any atom is -0.452 e. The second-order valence-electron chi connectivity index (χ2n) is 4.60. The lowest BCUT2D eigenvalue weighted by molar-refractivity contribution is -0.142. The third-order valence-electron chi connectivity index (χ3n) is 2.78. The van der Waals surface area contributed by atoms with E-state index in [1.54, 1.807) is 31.2 Å². The first kappa shape index (κ1) is 17.0. The van der Waals surface area contributed by atoms with Crippen LogP contribution in [0.25, 0.3) is 6.08 Å². The number of carbonyl (C=O) groups excluding carboxylic acids is 2. The van der Waals surface area contributed by atoms with Gasteiger partial charge >= 0.3 is 5.97 Å². The topological polar surface area (TPSA) is 68.5 Å². The molecule has 0 saturated carbocycles. The number of hydrogen-bond donors (Lipinski definition) is 1. The molecule has 1 heterocycles. The lowest BCUT2D eigenvalue weighted by atomic mass is 10.2. The highest BCUT2D eigenvalue weighted by atomic mass is 79.9. The Hall–Kier alpha value is -2.41. The smallest absolute Gasteiger partial charge is 0.331 e. The summed E-state index contributed by atoms with van der Waals surface area (Å²) in [5.74, 6) is -1.21. The number of amides is 1. The quantitative estimate of drug-likeness (QED) is 0.633. The Morgan fingerprint density at radius 3 is 2.78 bits per heavy atom. The van der Waals surface area contributed by atoms with Gasteiger partial charge in [-0.3, -0.25) is 4.79 Å². The van der Waals surface area contributed by atoms with Crippen LogP contribution in [0, 0.1) is 12.7 Å². The molecule has 0 aliphatic carbocycles. The molecule has 1 aromatic heterocycles. The molecule has 23 heavy (non-hydrogen) atoms. The maximum Gasteiger partial charge on any atom is 0.331 e. The molecule has 0 spiro atoms. The molecule has 2 rings (SSSR count). The summed E-state index contributed by atoms with van der Waals surface area (Å²) in [6, 6.07) is 7.64. The molecule has 0 saturated heterocycles. The van der Waals surface area contributed by atoms with Crippen LogP contribution >= 0.6 is 15.9 Å². The standard InChI is InChI=1S/C16H13BrFNO4/c1-10-2-3-11(8-13(10)18)19-15(20)9-22-16(21)7-5-12-4-6-14(17)23-12/h2-8H,9H2,1H3,(H,19,20)/b7-5+. The van der Waals surface area contributed by atoms with Gasteiger partial charge in [0.2, 0.25) is 0 Å². The molecule has 1 aromatic carbocycles. The summed E-state index contributed by atoms with van der Waals surface area (Å²) in [7, 11) is 0. The van der Waals surface area contributed by atoms with Crippen LogP contribution in [0.2, 0.25) is 0 Å². The van der Waals surface area contributed by atoms with Gasteiger partial charge in [0, 0.05) is 11.8 Å². The van der Waals surface area contributed by atoms with Gasteiger partial charge in [0.25, 0.3) is 5.91 Å². The SMILES string of the molecule is Cc1ccc(NC(=O)COC(=O)/C=C/c2ccc(Br)o2)cc1F. The van der Waals surface area contributed by atoms with E-state index in [1.165, 1.54) is 12.1 Å². The number of rotatable bonds is 5. The van der Waals surface area contributed by atoms with Crippen molar-refractivity contribution < 1.29 is 23.1 Å². The van der Waals surface area contributed by atoms with E-state index in [-0.39, 0.29) is 0 Å². The van der Waals surface area contributed by atoms with Gasteiger partial charge in [0.1, 0.15) is 11.6 Å². The number of halogens is 2. The molecular weight excluding hydrogens is 369 g/mol. The van der Waals surface area contributed by atoms with Crippen LogP contribution in [0.3, 0.4) is 0 Å². The Morgan fingerprint density at radius 2 is 2.13 bits per heavy atom. The number of nitrogens with one attached hydrogen (secondary N) is 1. The number of carbonyl (C=O) groups is 2. The van der Waals surface area contributed by atoms with Gasteiger partial charge in [-0.25, -0.2) is 9.18 Å². The third-order valence-corrected chi connectivity index (χ3v) is 3.20. The van der Waals surface area contributed by atoms with Crippen LogP contribution < -0.4 is 5.32 Å². The van der Waals surface area contributed by atoms with Gasteiger partial charge < -0.3 is 14.5 Å². The van der Waals surface area contributed by atoms with Crippen LogP contribution in [0.1, 0.15) is 11.3 Å². The summed E-state index contributed by atoms with van der Waals surface area (Å²) in [4.78, 5) is 23.1. The Bertz CT molecular complexity index is 754. The number of hydrogen-bond acceptors (Lipinski definition) is 4. The van der Waals surface area contributed by atoms with Crippen molar-refractivity contribution in [2.24, 2.45) is 0 Å². The van der Waals surface area contributed by atoms with Crippen LogP contribution in [0.5, 0.6) is 0 Å². The van der Waals surface area contributed by atoms with Crippen molar-refractivity contribution in [3.63, 3.8) is 0 Å². The molecule has 0 unspecified atom stereocenters. The zero-order chi connectivity index (χ0) is 16.8. The zero-order valence-electron chi connectivity index (χ0n) is 12.1. The molecule has 7 heteroatoms. The summed E-state index contributed by atoms with van der Waals surface area (Å²) in [5, 5.41) is 2.44. The van der Waals surface area contributed by atoms with Crippen molar-refractivity contribution in [2.75, 3.05) is 11.9 Å². The van der Waals surface area contributed by atoms with Gasteiger partial charge in [-0.1, -0.05) is 6.07 Å². The second kappa shape index (κ2) is 7.73. The minimum absolute atomic E-state index is 0.296. The lowest BCUT2D eigenvalue weighted by Crippen LogP contribution is -2.20. The summed E-state index contributed by atoms with van der Waals surface area (Å²) in [6.07, 6.45) is 2.56. The first-order valence-corrected chi connectivity index (χ1v) is 7.39. The van der Waals surface area contributed by atoms with E-state index in [2.05, 4.69) is 21.2 Å². The minimum atomic E-state index is -0.692. The predicted molar refractivity (Wildman–Crippen MR) is 86.2 cm³/mol. The van der Waals surface area contributed by atoms with E-state index in [9.17, 15) is 14.0 Å². The Balaban J connectivity index is 1.80. The Kier molecular flexibility index (Phi) is 5.70. The third kappa shape index (κ3) is 5.37. The van der Waals surface area contributed by atoms with E-state index in [0.29, 0.717) is 21.7 Å². The van der Waals surface area contributed by atoms with E-state index < -0.39 is 24.3 Å². The molecule has 0 atom stereocenters. The van der Waals surface area contributed by atoms with Crippen LogP contribution in [-0.4, -0.2) is 18.5 Å². The first-order chi connectivity index (χ1) is 10.9. The normalized spacial score (nSPS) is 10.7. The summed E-state index contributed by atoms with van der Waals surface area (Å²) in [5.41, 5.74) is 0.772. The largest absolute Gasteiger partial charge is 0.452 e. The zero-order valence-corrected chi connectivity index (χ0v) is 13.7. The van der Waals surface area contributed by atoms with Crippen molar-refractivity contribution in [3.05, 3.63) is 58.2 Å². The average Bonchev–Trinajstić information content (AvgIpc) is 2.92. The number of aryl methyl sites for hydroxylation is 1. The maximum absolute atomic E-state index is 13.3. The number of anilines is 1. The van der Waals surface area contributed by atoms with Gasteiger partial charge in [0.15, 0.2) is 11.3 Å². The monoisotopic (exact) mass is 381 g/mol. The summed E-state index contributed by atoms with van der Waals surface area (Å²) >= 11 is 3.13. The molecule has 0 bridgehead atoms. The molecular formula is C16H13BrFNO4. The Labute approximate surface area is 140 Å². The number of benzene rings is 1. The van der Waals surface area contributed by atoms with Crippen LogP contribution in [0.4, 0.5) is 10.1 Å². The highest BCUT2D eigenvalue weighted by Gasteiger charge is 2.07. The van der Waals surface area contributed by atoms with Crippen molar-refractivity contribution in [3.8, 4) is 0 Å². The van der Waals surface area contributed by atoms with Crippen molar-refractivity contribution in [2.45, 2.75) is 6.92 Å². The molecule has 0 aliphatic rings. The molecule has 1 amide bonds. The maximum atomic E-state index is 13.3. The van der Waals surface area contributed by atoms with E-state index >= 15 is 0 Å². The van der Waals surface area contributed by atoms with Crippen molar-refractivity contribution in [1.29, 1.82) is 0 Å². The Morgan fingerprint density at radius 1 is 1.35 bits per heavy atom. The fourth-order valence-corrected chi connectivity index (χ4v) is 1.94. The van der Waals surface area contributed by atoms with E-state index in [4.69, 9.17) is 9.15 Å². The molecule has 5 nitrogen and oxygen atoms in total. The van der Waals surface area contributed by atoms with Crippen LogP contribution in [0.15, 0.2) is 45.5 Å². The molecule has 2 aromatic rings. The van der Waals surface area contributed by atoms with Crippen molar-refractivity contribution in [1.82, 2.24) is 0 Å². The fraction of sp³-hybridized carbons (Fsp3) is 0.125. The highest BCUT2D eigenvalue weighted by molar-refractivity contribution is 9.10. The number of furan rings is 1. The molecule has 0 radical (unpaired) electrons. The van der Waals surface area contributed by atoms with Crippen LogP contribution in [-0.2, 0) is 14.3 Å². The van der Waals surface area contributed by atoms with E-state index in [1.807, 2.05) is 0 Å². The fourth-order valence-electron chi connectivity index (χ4n) is 1.62. The van der Waals surface area contributed by atoms with Gasteiger partial charge in [-0.05, 0) is 58.8 Å². The summed E-state index contributed by atoms with van der Waals surface area (Å²) < 4.78 is 23.8. The van der Waals surface area contributed by atoms with E-state index in [0.717, 1.165) is 6.08 Å². The predicted octanol–water partition coefficient (Wildman–Crippen LogP) is 3.68. The first-order valence-electron chi connectivity index (χ1n) is 6.60. The molecule has 120 valence electrons.